The number of rotatable bonds is 1. The molecule has 0 saturated heterocycles. The van der Waals surface area contributed by atoms with Crippen LogP contribution in [-0.2, 0) is 5.33 Å². The molecule has 2 N–H and O–H groups in total. The first kappa shape index (κ1) is 9.37. The Labute approximate surface area is 94.5 Å². The Morgan fingerprint density at radius 2 is 2.23 bits per heavy atom. The number of nitrogen functional groups attached to an aromatic ring is 1. The van der Waals surface area contributed by atoms with Gasteiger partial charge in [-0.15, -0.1) is 24.0 Å². The number of nitrogens with two attached hydrogens (primary N) is 1. The van der Waals surface area contributed by atoms with Crippen LogP contribution in [0.2, 0.25) is 0 Å². The average molecular weight is 274 g/mol. The van der Waals surface area contributed by atoms with Crippen molar-refractivity contribution in [2.75, 3.05) is 5.73 Å². The molecule has 0 amide bonds. The summed E-state index contributed by atoms with van der Waals surface area (Å²) in [5.74, 6) is 0. The van der Waals surface area contributed by atoms with Gasteiger partial charge in [0.05, 0.1) is 4.70 Å². The van der Waals surface area contributed by atoms with Crippen LogP contribution in [0.5, 0.6) is 0 Å². The van der Waals surface area contributed by atoms with Crippen LogP contribution in [0.25, 0.3) is 10.1 Å². The number of hydrogen-bond acceptors (Lipinski definition) is 3. The molecule has 0 bridgehead atoms. The van der Waals surface area contributed by atoms with Crippen LogP contribution >= 0.6 is 39.9 Å². The summed E-state index contributed by atoms with van der Waals surface area (Å²) in [7, 11) is 0. The number of benzene rings is 1. The normalized spacial score (nSPS) is 10.9. The molecule has 13 heavy (non-hydrogen) atoms. The number of alkyl halides is 1. The molecule has 0 saturated carbocycles. The third kappa shape index (κ3) is 1.58. The maximum absolute atomic E-state index is 5.85. The zero-order valence-corrected chi connectivity index (χ0v) is 10.0. The van der Waals surface area contributed by atoms with Crippen LogP contribution in [0.4, 0.5) is 5.69 Å². The van der Waals surface area contributed by atoms with Gasteiger partial charge in [0.15, 0.2) is 0 Å². The van der Waals surface area contributed by atoms with Crippen molar-refractivity contribution >= 4 is 55.7 Å². The largest absolute Gasteiger partial charge is 0.398 e. The van der Waals surface area contributed by atoms with Crippen LogP contribution in [0.15, 0.2) is 23.1 Å². The van der Waals surface area contributed by atoms with Crippen molar-refractivity contribution < 1.29 is 0 Å². The summed E-state index contributed by atoms with van der Waals surface area (Å²) in [5, 5.41) is 2.03. The summed E-state index contributed by atoms with van der Waals surface area (Å²) in [4.78, 5) is 2.27. The second kappa shape index (κ2) is 3.52. The van der Waals surface area contributed by atoms with E-state index in [0.717, 1.165) is 26.0 Å². The van der Waals surface area contributed by atoms with Crippen LogP contribution in [0, 0.1) is 0 Å². The Morgan fingerprint density at radius 1 is 1.46 bits per heavy atom. The van der Waals surface area contributed by atoms with E-state index in [1.54, 1.807) is 11.3 Å². The molecule has 0 unspecified atom stereocenters. The number of halogens is 1. The molecule has 1 heterocycles. The summed E-state index contributed by atoms with van der Waals surface area (Å²) < 4.78 is 1.14. The highest BCUT2D eigenvalue weighted by molar-refractivity contribution is 9.08. The highest BCUT2D eigenvalue weighted by Gasteiger charge is 2.06. The third-order valence-corrected chi connectivity index (χ3v) is 4.42. The van der Waals surface area contributed by atoms with Crippen molar-refractivity contribution in [1.82, 2.24) is 0 Å². The van der Waals surface area contributed by atoms with E-state index in [4.69, 9.17) is 5.73 Å². The number of anilines is 1. The second-order valence-electron chi connectivity index (χ2n) is 2.76. The van der Waals surface area contributed by atoms with Crippen molar-refractivity contribution in [1.29, 1.82) is 0 Å². The molecular weight excluding hydrogens is 266 g/mol. The third-order valence-electron chi connectivity index (χ3n) is 1.87. The predicted octanol–water partition coefficient (Wildman–Crippen LogP) is 3.67. The van der Waals surface area contributed by atoms with Crippen molar-refractivity contribution in [3.05, 3.63) is 23.1 Å². The molecule has 2 rings (SSSR count). The van der Waals surface area contributed by atoms with E-state index in [1.165, 1.54) is 4.88 Å². The number of thiol groups is 1. The maximum Gasteiger partial charge on any atom is 0.0586 e. The predicted molar refractivity (Wildman–Crippen MR) is 66.1 cm³/mol. The molecule has 0 atom stereocenters. The number of hydrogen-bond donors (Lipinski definition) is 2. The molecule has 0 aliphatic rings. The number of thiophene rings is 1. The summed E-state index contributed by atoms with van der Waals surface area (Å²) in [5.41, 5.74) is 6.69. The summed E-state index contributed by atoms with van der Waals surface area (Å²) in [6, 6.07) is 5.97. The molecule has 1 nitrogen and oxygen atoms in total. The van der Waals surface area contributed by atoms with Gasteiger partial charge >= 0.3 is 0 Å². The smallest absolute Gasteiger partial charge is 0.0586 e. The zero-order valence-electron chi connectivity index (χ0n) is 6.75. The van der Waals surface area contributed by atoms with E-state index in [2.05, 4.69) is 34.6 Å². The Bertz CT molecular complexity index is 411. The molecular formula is C9H8BrNS2. The monoisotopic (exact) mass is 273 g/mol. The van der Waals surface area contributed by atoms with Crippen LogP contribution in [-0.4, -0.2) is 0 Å². The molecule has 1 aromatic carbocycles. The molecule has 68 valence electrons. The van der Waals surface area contributed by atoms with Gasteiger partial charge in [0.25, 0.3) is 0 Å². The highest BCUT2D eigenvalue weighted by Crippen LogP contribution is 2.35. The van der Waals surface area contributed by atoms with Crippen molar-refractivity contribution in [3.63, 3.8) is 0 Å². The summed E-state index contributed by atoms with van der Waals surface area (Å²) in [6.45, 7) is 0. The van der Waals surface area contributed by atoms with Crippen molar-refractivity contribution in [2.24, 2.45) is 0 Å². The first-order valence-corrected chi connectivity index (χ1v) is 6.16. The van der Waals surface area contributed by atoms with E-state index >= 15 is 0 Å². The SMILES string of the molecule is Nc1ccc(S)c2cc(CBr)sc12. The van der Waals surface area contributed by atoms with Gasteiger partial charge in [-0.25, -0.2) is 0 Å². The van der Waals surface area contributed by atoms with E-state index < -0.39 is 0 Å². The molecule has 0 aliphatic heterocycles. The summed E-state index contributed by atoms with van der Waals surface area (Å²) >= 11 is 9.53. The molecule has 0 radical (unpaired) electrons. The van der Waals surface area contributed by atoms with Gasteiger partial charge in [0.1, 0.15) is 0 Å². The topological polar surface area (TPSA) is 26.0 Å². The lowest BCUT2D eigenvalue weighted by atomic mass is 10.2. The maximum atomic E-state index is 5.85. The van der Waals surface area contributed by atoms with Crippen LogP contribution < -0.4 is 5.73 Å². The molecule has 1 aromatic heterocycles. The van der Waals surface area contributed by atoms with Crippen molar-refractivity contribution in [3.8, 4) is 0 Å². The summed E-state index contributed by atoms with van der Waals surface area (Å²) in [6.07, 6.45) is 0. The first-order valence-electron chi connectivity index (χ1n) is 3.78. The van der Waals surface area contributed by atoms with E-state index in [1.807, 2.05) is 12.1 Å². The van der Waals surface area contributed by atoms with E-state index in [0.29, 0.717) is 0 Å². The Balaban J connectivity index is 2.80. The molecule has 4 heteroatoms. The average Bonchev–Trinajstić information content (AvgIpc) is 2.56. The fourth-order valence-electron chi connectivity index (χ4n) is 1.25. The minimum atomic E-state index is 0.838. The lowest BCUT2D eigenvalue weighted by Crippen LogP contribution is -1.83. The van der Waals surface area contributed by atoms with Gasteiger partial charge in [0, 0.05) is 26.2 Å². The Hall–Kier alpha value is -0.190. The minimum absolute atomic E-state index is 0.838. The standard InChI is InChI=1S/C9H8BrNS2/c10-4-5-3-6-8(12)2-1-7(11)9(6)13-5/h1-3,12H,4,11H2. The fraction of sp³-hybridized carbons (Fsp3) is 0.111. The molecule has 2 aromatic rings. The van der Waals surface area contributed by atoms with Crippen molar-refractivity contribution in [2.45, 2.75) is 10.2 Å². The first-order chi connectivity index (χ1) is 6.22. The van der Waals surface area contributed by atoms with Gasteiger partial charge in [-0.2, -0.15) is 0 Å². The van der Waals surface area contributed by atoms with Gasteiger partial charge in [-0.3, -0.25) is 0 Å². The highest BCUT2D eigenvalue weighted by atomic mass is 79.9. The van der Waals surface area contributed by atoms with Gasteiger partial charge in [0.2, 0.25) is 0 Å². The van der Waals surface area contributed by atoms with Crippen LogP contribution in [0.1, 0.15) is 4.88 Å². The molecule has 0 aliphatic carbocycles. The quantitative estimate of drug-likeness (QED) is 0.463. The lowest BCUT2D eigenvalue weighted by molar-refractivity contribution is 1.55. The zero-order chi connectivity index (χ0) is 9.42. The van der Waals surface area contributed by atoms with Crippen LogP contribution in [0.3, 0.4) is 0 Å². The fourth-order valence-corrected chi connectivity index (χ4v) is 3.04. The van der Waals surface area contributed by atoms with Gasteiger partial charge in [-0.1, -0.05) is 15.9 Å². The number of fused-ring (bicyclic) bond motifs is 1. The second-order valence-corrected chi connectivity index (χ2v) is 4.94. The van der Waals surface area contributed by atoms with Gasteiger partial charge in [-0.05, 0) is 18.2 Å². The Kier molecular flexibility index (Phi) is 2.53. The molecule has 0 spiro atoms. The minimum Gasteiger partial charge on any atom is -0.398 e. The lowest BCUT2D eigenvalue weighted by Gasteiger charge is -1.97. The van der Waals surface area contributed by atoms with E-state index in [-0.39, 0.29) is 0 Å². The Morgan fingerprint density at radius 3 is 2.85 bits per heavy atom. The van der Waals surface area contributed by atoms with Gasteiger partial charge < -0.3 is 5.73 Å². The van der Waals surface area contributed by atoms with E-state index in [9.17, 15) is 0 Å². The molecule has 0 fully saturated rings.